The van der Waals surface area contributed by atoms with Gasteiger partial charge < -0.3 is 10.1 Å². The standard InChI is InChI=1S/C16H17N3O3S/c1-22-15(21)9-5-8-13(20)17-16-19-18-14(23-16)11-10-12-6-3-2-4-7-12/h2-4,6-7,10-11H,5,8-9H2,1H3,(H,17,19,20). The number of hydrogen-bond acceptors (Lipinski definition) is 6. The van der Waals surface area contributed by atoms with Crippen LogP contribution in [0, 0.1) is 0 Å². The van der Waals surface area contributed by atoms with Crippen LogP contribution in [-0.4, -0.2) is 29.2 Å². The van der Waals surface area contributed by atoms with Crippen LogP contribution in [0.3, 0.4) is 0 Å². The highest BCUT2D eigenvalue weighted by Crippen LogP contribution is 2.18. The molecule has 1 N–H and O–H groups in total. The van der Waals surface area contributed by atoms with Crippen LogP contribution in [-0.2, 0) is 14.3 Å². The second-order valence-corrected chi connectivity index (χ2v) is 5.68. The molecule has 2 aromatic rings. The van der Waals surface area contributed by atoms with Crippen molar-refractivity contribution in [1.82, 2.24) is 10.2 Å². The average molecular weight is 331 g/mol. The Kier molecular flexibility index (Phi) is 6.43. The van der Waals surface area contributed by atoms with Gasteiger partial charge in [0.1, 0.15) is 5.01 Å². The predicted octanol–water partition coefficient (Wildman–Crippen LogP) is 2.99. The Balaban J connectivity index is 1.81. The van der Waals surface area contributed by atoms with Crippen LogP contribution in [0.5, 0.6) is 0 Å². The first-order valence-electron chi connectivity index (χ1n) is 7.10. The number of methoxy groups -OCH3 is 1. The maximum Gasteiger partial charge on any atom is 0.305 e. The zero-order valence-corrected chi connectivity index (χ0v) is 13.5. The monoisotopic (exact) mass is 331 g/mol. The Labute approximate surface area is 138 Å². The summed E-state index contributed by atoms with van der Waals surface area (Å²) in [5.74, 6) is -0.509. The van der Waals surface area contributed by atoms with Crippen molar-refractivity contribution in [3.05, 3.63) is 40.9 Å². The van der Waals surface area contributed by atoms with Crippen LogP contribution in [0.4, 0.5) is 5.13 Å². The van der Waals surface area contributed by atoms with E-state index < -0.39 is 0 Å². The molecule has 1 heterocycles. The zero-order chi connectivity index (χ0) is 16.5. The molecule has 0 atom stereocenters. The van der Waals surface area contributed by atoms with Crippen molar-refractivity contribution in [2.75, 3.05) is 12.4 Å². The number of aromatic nitrogens is 2. The van der Waals surface area contributed by atoms with Gasteiger partial charge in [-0.2, -0.15) is 0 Å². The molecule has 6 nitrogen and oxygen atoms in total. The fourth-order valence-electron chi connectivity index (χ4n) is 1.76. The van der Waals surface area contributed by atoms with Gasteiger partial charge in [-0.25, -0.2) is 0 Å². The quantitative estimate of drug-likeness (QED) is 0.789. The molecule has 0 unspecified atom stereocenters. The van der Waals surface area contributed by atoms with E-state index in [1.165, 1.54) is 18.4 Å². The highest BCUT2D eigenvalue weighted by molar-refractivity contribution is 7.16. The van der Waals surface area contributed by atoms with Gasteiger partial charge >= 0.3 is 5.97 Å². The molecule has 2 rings (SSSR count). The second kappa shape index (κ2) is 8.79. The lowest BCUT2D eigenvalue weighted by molar-refractivity contribution is -0.140. The predicted molar refractivity (Wildman–Crippen MR) is 89.8 cm³/mol. The van der Waals surface area contributed by atoms with Gasteiger partial charge in [0.25, 0.3) is 0 Å². The Morgan fingerprint density at radius 1 is 1.17 bits per heavy atom. The summed E-state index contributed by atoms with van der Waals surface area (Å²) in [7, 11) is 1.33. The van der Waals surface area contributed by atoms with Crippen molar-refractivity contribution >= 4 is 40.5 Å². The first kappa shape index (κ1) is 16.8. The van der Waals surface area contributed by atoms with Crippen molar-refractivity contribution in [2.24, 2.45) is 0 Å². The van der Waals surface area contributed by atoms with Crippen molar-refractivity contribution in [2.45, 2.75) is 19.3 Å². The number of amides is 1. The first-order chi connectivity index (χ1) is 11.2. The van der Waals surface area contributed by atoms with Gasteiger partial charge in [0.2, 0.25) is 11.0 Å². The van der Waals surface area contributed by atoms with Crippen molar-refractivity contribution in [1.29, 1.82) is 0 Å². The molecule has 1 aromatic carbocycles. The van der Waals surface area contributed by atoms with E-state index in [2.05, 4.69) is 20.3 Å². The number of anilines is 1. The molecule has 0 radical (unpaired) electrons. The number of esters is 1. The average Bonchev–Trinajstić information content (AvgIpc) is 3.01. The molecule has 1 amide bonds. The topological polar surface area (TPSA) is 81.2 Å². The van der Waals surface area contributed by atoms with Gasteiger partial charge in [-0.05, 0) is 18.1 Å². The maximum atomic E-state index is 11.7. The number of carbonyl (C=O) groups is 2. The molecular weight excluding hydrogens is 314 g/mol. The molecule has 0 aliphatic heterocycles. The molecule has 7 heteroatoms. The third-order valence-corrected chi connectivity index (χ3v) is 3.72. The third kappa shape index (κ3) is 5.99. The summed E-state index contributed by atoms with van der Waals surface area (Å²) in [6.07, 6.45) is 4.69. The third-order valence-electron chi connectivity index (χ3n) is 2.92. The summed E-state index contributed by atoms with van der Waals surface area (Å²) < 4.78 is 4.52. The minimum atomic E-state index is -0.318. The molecule has 0 aliphatic carbocycles. The highest BCUT2D eigenvalue weighted by atomic mass is 32.1. The lowest BCUT2D eigenvalue weighted by atomic mass is 10.2. The van der Waals surface area contributed by atoms with Crippen LogP contribution < -0.4 is 5.32 Å². The number of benzene rings is 1. The molecule has 0 spiro atoms. The van der Waals surface area contributed by atoms with Gasteiger partial charge in [0.05, 0.1) is 7.11 Å². The number of hydrogen-bond donors (Lipinski definition) is 1. The van der Waals surface area contributed by atoms with Gasteiger partial charge in [-0.3, -0.25) is 9.59 Å². The van der Waals surface area contributed by atoms with Crippen LogP contribution in [0.25, 0.3) is 12.2 Å². The van der Waals surface area contributed by atoms with E-state index in [0.29, 0.717) is 16.6 Å². The lowest BCUT2D eigenvalue weighted by Crippen LogP contribution is -2.12. The summed E-state index contributed by atoms with van der Waals surface area (Å²) in [4.78, 5) is 22.7. The van der Waals surface area contributed by atoms with E-state index in [1.807, 2.05) is 42.5 Å². The number of nitrogens with one attached hydrogen (secondary N) is 1. The molecule has 0 saturated carbocycles. The fraction of sp³-hybridized carbons (Fsp3) is 0.250. The number of rotatable bonds is 7. The molecule has 0 bridgehead atoms. The number of carbonyl (C=O) groups excluding carboxylic acids is 2. The van der Waals surface area contributed by atoms with Crippen molar-refractivity contribution < 1.29 is 14.3 Å². The van der Waals surface area contributed by atoms with Gasteiger partial charge in [0.15, 0.2) is 0 Å². The van der Waals surface area contributed by atoms with Crippen molar-refractivity contribution in [3.8, 4) is 0 Å². The molecule has 0 aliphatic rings. The Morgan fingerprint density at radius 3 is 2.70 bits per heavy atom. The summed E-state index contributed by atoms with van der Waals surface area (Å²) in [6, 6.07) is 9.85. The van der Waals surface area contributed by atoms with Gasteiger partial charge in [-0.1, -0.05) is 47.7 Å². The summed E-state index contributed by atoms with van der Waals surface area (Å²) in [6.45, 7) is 0. The summed E-state index contributed by atoms with van der Waals surface area (Å²) >= 11 is 1.29. The largest absolute Gasteiger partial charge is 0.469 e. The Bertz CT molecular complexity index is 683. The van der Waals surface area contributed by atoms with E-state index in [9.17, 15) is 9.59 Å². The zero-order valence-electron chi connectivity index (χ0n) is 12.7. The smallest absolute Gasteiger partial charge is 0.305 e. The van der Waals surface area contributed by atoms with Gasteiger partial charge in [0, 0.05) is 12.8 Å². The molecule has 23 heavy (non-hydrogen) atoms. The highest BCUT2D eigenvalue weighted by Gasteiger charge is 2.08. The SMILES string of the molecule is COC(=O)CCCC(=O)Nc1nnc(C=Cc2ccccc2)s1. The van der Waals surface area contributed by atoms with Crippen LogP contribution >= 0.6 is 11.3 Å². The van der Waals surface area contributed by atoms with E-state index in [1.54, 1.807) is 0 Å². The van der Waals surface area contributed by atoms with Crippen molar-refractivity contribution in [3.63, 3.8) is 0 Å². The molecule has 0 saturated heterocycles. The summed E-state index contributed by atoms with van der Waals surface area (Å²) in [5.41, 5.74) is 1.07. The van der Waals surface area contributed by atoms with Crippen LogP contribution in [0.1, 0.15) is 29.8 Å². The second-order valence-electron chi connectivity index (χ2n) is 4.67. The summed E-state index contributed by atoms with van der Waals surface area (Å²) in [5, 5.41) is 11.7. The maximum absolute atomic E-state index is 11.7. The Morgan fingerprint density at radius 2 is 1.96 bits per heavy atom. The van der Waals surface area contributed by atoms with Crippen LogP contribution in [0.15, 0.2) is 30.3 Å². The fourth-order valence-corrected chi connectivity index (χ4v) is 2.42. The van der Waals surface area contributed by atoms with E-state index in [4.69, 9.17) is 0 Å². The molecular formula is C16H17N3O3S. The van der Waals surface area contributed by atoms with E-state index in [-0.39, 0.29) is 24.7 Å². The lowest BCUT2D eigenvalue weighted by Gasteiger charge is -2.00. The van der Waals surface area contributed by atoms with E-state index >= 15 is 0 Å². The minimum Gasteiger partial charge on any atom is -0.469 e. The minimum absolute atomic E-state index is 0.191. The first-order valence-corrected chi connectivity index (χ1v) is 7.92. The Hall–Kier alpha value is -2.54. The molecule has 0 fully saturated rings. The number of nitrogens with zero attached hydrogens (tertiary/aromatic N) is 2. The number of ether oxygens (including phenoxy) is 1. The normalized spacial score (nSPS) is 10.7. The molecule has 1 aromatic heterocycles. The van der Waals surface area contributed by atoms with Crippen LogP contribution in [0.2, 0.25) is 0 Å². The van der Waals surface area contributed by atoms with Gasteiger partial charge in [-0.15, -0.1) is 10.2 Å². The van der Waals surface area contributed by atoms with E-state index in [0.717, 1.165) is 5.56 Å². The molecule has 120 valence electrons.